The highest BCUT2D eigenvalue weighted by Crippen LogP contribution is 2.02. The SMILES string of the molecule is CC/C=C\C[C@H](O)/C=C/C=C\C/C=C\C/C=C\C=C\[C@@H](O)CCC(=O)O.CC/C=C\C[C@H](O)/C=C/C=C\C/C=C\C=C\[C@@H](O)/C=C\CCCC(=O)O. The standard InChI is InChI=1S/2C22H32O4/c1-2-3-10-15-20(23)16-11-7-5-4-6-8-12-17-21(24)18-13-9-14-19-22(25)26;1-2-3-12-15-20(23)16-13-10-8-6-4-5-7-9-11-14-17-21(24)18-19-22(25)26/h3,5-8,10-13,16-18,20-21,23-24H,2,4,9,14-15,19H2,1H3,(H,25,26);3-5,8-14,16-17,20-21,23-24H,2,6-7,15,18-19H2,1H3,(H,25,26)/b7-5-,8-6-,10-3-,16-11+,17-12+,18-13-;5-4-,10-8-,11-9-,12-3-,16-13+,17-14+/t2*20-,21+/m00/s1. The van der Waals surface area contributed by atoms with Crippen molar-refractivity contribution in [2.45, 2.75) is 115 Å². The summed E-state index contributed by atoms with van der Waals surface area (Å²) < 4.78 is 0. The molecule has 0 unspecified atom stereocenters. The van der Waals surface area contributed by atoms with E-state index in [9.17, 15) is 30.0 Å². The largest absolute Gasteiger partial charge is 0.481 e. The minimum Gasteiger partial charge on any atom is -0.481 e. The number of carboxylic acids is 2. The third-order valence-corrected chi connectivity index (χ3v) is 6.59. The molecule has 0 rings (SSSR count). The number of rotatable bonds is 28. The van der Waals surface area contributed by atoms with Crippen molar-refractivity contribution in [2.24, 2.45) is 0 Å². The van der Waals surface area contributed by atoms with Gasteiger partial charge in [-0.3, -0.25) is 9.59 Å². The molecule has 0 aliphatic heterocycles. The molecule has 0 aromatic heterocycles. The Labute approximate surface area is 312 Å². The van der Waals surface area contributed by atoms with Crippen LogP contribution in [0.4, 0.5) is 0 Å². The maximum atomic E-state index is 10.4. The van der Waals surface area contributed by atoms with Crippen LogP contribution in [0.15, 0.2) is 146 Å². The van der Waals surface area contributed by atoms with Crippen molar-refractivity contribution in [1.82, 2.24) is 0 Å². The highest BCUT2D eigenvalue weighted by Gasteiger charge is 2.02. The normalized spacial score (nSPS) is 15.5. The summed E-state index contributed by atoms with van der Waals surface area (Å²) in [4.78, 5) is 20.7. The van der Waals surface area contributed by atoms with Crippen LogP contribution < -0.4 is 0 Å². The Hall–Kier alpha value is -4.34. The lowest BCUT2D eigenvalue weighted by Gasteiger charge is -2.00. The predicted molar refractivity (Wildman–Crippen MR) is 216 cm³/mol. The van der Waals surface area contributed by atoms with E-state index in [-0.39, 0.29) is 19.3 Å². The number of aliphatic hydroxyl groups is 4. The maximum absolute atomic E-state index is 10.4. The highest BCUT2D eigenvalue weighted by atomic mass is 16.4. The van der Waals surface area contributed by atoms with Gasteiger partial charge in [0.2, 0.25) is 0 Å². The van der Waals surface area contributed by atoms with Crippen LogP contribution >= 0.6 is 0 Å². The quantitative estimate of drug-likeness (QED) is 0.0266. The lowest BCUT2D eigenvalue weighted by atomic mass is 10.2. The molecule has 0 saturated heterocycles. The number of allylic oxidation sites excluding steroid dienone is 17. The molecule has 0 heterocycles. The summed E-state index contributed by atoms with van der Waals surface area (Å²) in [6.07, 6.45) is 50.0. The van der Waals surface area contributed by atoms with E-state index in [4.69, 9.17) is 10.2 Å². The molecular weight excluding hydrogens is 656 g/mol. The zero-order chi connectivity index (χ0) is 38.9. The Kier molecular flexibility index (Phi) is 37.8. The molecule has 0 amide bonds. The number of hydrogen-bond donors (Lipinski definition) is 6. The average molecular weight is 721 g/mol. The average Bonchev–Trinajstić information content (AvgIpc) is 3.10. The van der Waals surface area contributed by atoms with Crippen molar-refractivity contribution in [3.05, 3.63) is 146 Å². The van der Waals surface area contributed by atoms with Gasteiger partial charge in [0.15, 0.2) is 0 Å². The van der Waals surface area contributed by atoms with E-state index < -0.39 is 36.4 Å². The van der Waals surface area contributed by atoms with E-state index in [2.05, 4.69) is 19.9 Å². The Balaban J connectivity index is 0. The fraction of sp³-hybridized carbons (Fsp3) is 0.409. The smallest absolute Gasteiger partial charge is 0.303 e. The van der Waals surface area contributed by atoms with Crippen molar-refractivity contribution in [1.29, 1.82) is 0 Å². The van der Waals surface area contributed by atoms with Crippen LogP contribution in [0, 0.1) is 0 Å². The lowest BCUT2D eigenvalue weighted by molar-refractivity contribution is -0.138. The van der Waals surface area contributed by atoms with Crippen LogP contribution in [0.3, 0.4) is 0 Å². The third kappa shape index (κ3) is 43.7. The van der Waals surface area contributed by atoms with Gasteiger partial charge in [-0.2, -0.15) is 0 Å². The summed E-state index contributed by atoms with van der Waals surface area (Å²) in [5, 5.41) is 55.5. The molecule has 0 radical (unpaired) electrons. The molecule has 4 atom stereocenters. The summed E-state index contributed by atoms with van der Waals surface area (Å²) in [5.74, 6) is -1.70. The van der Waals surface area contributed by atoms with Crippen LogP contribution in [-0.2, 0) is 9.59 Å². The fourth-order valence-electron chi connectivity index (χ4n) is 3.81. The third-order valence-electron chi connectivity index (χ3n) is 6.59. The van der Waals surface area contributed by atoms with Crippen molar-refractivity contribution in [3.8, 4) is 0 Å². The molecular formula is C44H64O8. The van der Waals surface area contributed by atoms with Gasteiger partial charge < -0.3 is 30.6 Å². The molecule has 0 aromatic carbocycles. The number of carboxylic acid groups (broad SMARTS) is 2. The summed E-state index contributed by atoms with van der Waals surface area (Å²) >= 11 is 0. The minimum atomic E-state index is -0.900. The molecule has 288 valence electrons. The molecule has 8 nitrogen and oxygen atoms in total. The predicted octanol–water partition coefficient (Wildman–Crippen LogP) is 8.98. The summed E-state index contributed by atoms with van der Waals surface area (Å²) in [5.41, 5.74) is 0. The molecule has 0 aliphatic rings. The number of unbranched alkanes of at least 4 members (excludes halogenated alkanes) is 1. The lowest BCUT2D eigenvalue weighted by Crippen LogP contribution is -2.05. The highest BCUT2D eigenvalue weighted by molar-refractivity contribution is 5.66. The van der Waals surface area contributed by atoms with E-state index in [1.165, 1.54) is 0 Å². The first-order valence-corrected chi connectivity index (χ1v) is 18.2. The number of hydrogen-bond acceptors (Lipinski definition) is 6. The molecule has 0 spiro atoms. The van der Waals surface area contributed by atoms with Gasteiger partial charge >= 0.3 is 11.9 Å². The first-order valence-electron chi connectivity index (χ1n) is 18.2. The second-order valence-electron chi connectivity index (χ2n) is 11.5. The van der Waals surface area contributed by atoms with Gasteiger partial charge in [-0.1, -0.05) is 160 Å². The van der Waals surface area contributed by atoms with Gasteiger partial charge in [0.05, 0.1) is 24.4 Å². The Morgan fingerprint density at radius 2 is 0.885 bits per heavy atom. The Morgan fingerprint density at radius 1 is 0.462 bits per heavy atom. The molecule has 6 N–H and O–H groups in total. The van der Waals surface area contributed by atoms with Gasteiger partial charge in [-0.15, -0.1) is 0 Å². The van der Waals surface area contributed by atoms with Gasteiger partial charge in [0.1, 0.15) is 0 Å². The number of aliphatic hydroxyl groups excluding tert-OH is 4. The van der Waals surface area contributed by atoms with Crippen LogP contribution in [-0.4, -0.2) is 67.0 Å². The summed E-state index contributed by atoms with van der Waals surface area (Å²) in [6, 6.07) is 0. The van der Waals surface area contributed by atoms with Crippen LogP contribution in [0.2, 0.25) is 0 Å². The maximum Gasteiger partial charge on any atom is 0.303 e. The van der Waals surface area contributed by atoms with Crippen LogP contribution in [0.25, 0.3) is 0 Å². The fourth-order valence-corrected chi connectivity index (χ4v) is 3.81. The van der Waals surface area contributed by atoms with Crippen LogP contribution in [0.5, 0.6) is 0 Å². The second kappa shape index (κ2) is 39.4. The molecule has 0 bridgehead atoms. The molecule has 0 fully saturated rings. The summed E-state index contributed by atoms with van der Waals surface area (Å²) in [7, 11) is 0. The van der Waals surface area contributed by atoms with Gasteiger partial charge in [0, 0.05) is 12.8 Å². The number of aliphatic carboxylic acids is 2. The van der Waals surface area contributed by atoms with Crippen molar-refractivity contribution in [3.63, 3.8) is 0 Å². The molecule has 8 heteroatoms. The zero-order valence-electron chi connectivity index (χ0n) is 31.2. The minimum absolute atomic E-state index is 0.0322. The monoisotopic (exact) mass is 720 g/mol. The molecule has 52 heavy (non-hydrogen) atoms. The molecule has 0 saturated carbocycles. The van der Waals surface area contributed by atoms with E-state index in [0.29, 0.717) is 25.7 Å². The van der Waals surface area contributed by atoms with Crippen molar-refractivity contribution >= 4 is 11.9 Å². The van der Waals surface area contributed by atoms with Crippen LogP contribution in [0.1, 0.15) is 90.9 Å². The first-order chi connectivity index (χ1) is 25.1. The van der Waals surface area contributed by atoms with Crippen molar-refractivity contribution < 1.29 is 40.2 Å². The van der Waals surface area contributed by atoms with E-state index in [0.717, 1.165) is 32.1 Å². The second-order valence-corrected chi connectivity index (χ2v) is 11.5. The van der Waals surface area contributed by atoms with E-state index >= 15 is 0 Å². The van der Waals surface area contributed by atoms with Gasteiger partial charge in [-0.05, 0) is 64.2 Å². The Bertz CT molecular complexity index is 1240. The van der Waals surface area contributed by atoms with Gasteiger partial charge in [-0.25, -0.2) is 0 Å². The first kappa shape index (κ1) is 49.8. The Morgan fingerprint density at radius 3 is 1.33 bits per heavy atom. The topological polar surface area (TPSA) is 156 Å². The zero-order valence-corrected chi connectivity index (χ0v) is 31.2. The number of carbonyl (C=O) groups is 2. The van der Waals surface area contributed by atoms with E-state index in [1.807, 2.05) is 91.1 Å². The van der Waals surface area contributed by atoms with Gasteiger partial charge in [0.25, 0.3) is 0 Å². The molecule has 0 aliphatic carbocycles. The molecule has 0 aromatic rings. The summed E-state index contributed by atoms with van der Waals surface area (Å²) in [6.45, 7) is 4.13. The van der Waals surface area contributed by atoms with Crippen molar-refractivity contribution in [2.75, 3.05) is 0 Å². The van der Waals surface area contributed by atoms with E-state index in [1.54, 1.807) is 48.6 Å².